The van der Waals surface area contributed by atoms with Gasteiger partial charge in [-0.05, 0) is 0 Å². The predicted molar refractivity (Wildman–Crippen MR) is 28.2 cm³/mol. The quantitative estimate of drug-likeness (QED) is 0.279. The van der Waals surface area contributed by atoms with Crippen molar-refractivity contribution in [3.8, 4) is 0 Å². The molecule has 0 unspecified atom stereocenters. The van der Waals surface area contributed by atoms with Crippen molar-refractivity contribution >= 4 is 43.8 Å². The highest BCUT2D eigenvalue weighted by Crippen LogP contribution is 1.73. The number of hydrogen-bond acceptors (Lipinski definition) is 0. The minimum atomic E-state index is 0.194. The Morgan fingerprint density at radius 1 is 1.20 bits per heavy atom. The normalized spacial score (nSPS) is 4.80. The fraction of sp³-hybridized carbons (Fsp3) is 1.00. The number of halogens is 3. The lowest BCUT2D eigenvalue weighted by Crippen LogP contribution is -1.24. The monoisotopic (exact) mass is 147 g/mol. The van der Waals surface area contributed by atoms with Crippen LogP contribution in [0.25, 0.3) is 0 Å². The lowest BCUT2D eigenvalue weighted by atomic mass is 11.9. The highest BCUT2D eigenvalue weighted by atomic mass is 35.6. The van der Waals surface area contributed by atoms with Crippen LogP contribution in [-0.4, -0.2) is 14.9 Å². The average Bonchev–Trinajstić information content (AvgIpc) is 1.46. The van der Waals surface area contributed by atoms with E-state index in [-0.39, 0.29) is 5.34 Å². The summed E-state index contributed by atoms with van der Waals surface area (Å²) in [5.74, 6) is 0. The first-order valence-electron chi connectivity index (χ1n) is 0.724. The van der Waals surface area contributed by atoms with Gasteiger partial charge in [-0.3, -0.25) is 0 Å². The molecular weight excluding hydrogens is 146 g/mol. The molecular formula is CH2Cl3Si. The zero-order valence-electron chi connectivity index (χ0n) is 2.34. The number of hydrogen-bond donors (Lipinski definition) is 0. The van der Waals surface area contributed by atoms with Crippen molar-refractivity contribution in [1.82, 2.24) is 0 Å². The Balaban J connectivity index is 0. The van der Waals surface area contributed by atoms with Gasteiger partial charge >= 0.3 is 0 Å². The van der Waals surface area contributed by atoms with Crippen LogP contribution in [0.5, 0.6) is 0 Å². The lowest BCUT2D eigenvalue weighted by Gasteiger charge is -1.42. The van der Waals surface area contributed by atoms with Crippen molar-refractivity contribution in [3.63, 3.8) is 0 Å². The van der Waals surface area contributed by atoms with Gasteiger partial charge in [0.15, 0.2) is 9.55 Å². The molecule has 3 radical (unpaired) electrons. The molecule has 0 saturated heterocycles. The summed E-state index contributed by atoms with van der Waals surface area (Å²) in [6.45, 7) is 0. The topological polar surface area (TPSA) is 0 Å². The van der Waals surface area contributed by atoms with E-state index in [4.69, 9.17) is 23.2 Å². The van der Waals surface area contributed by atoms with Gasteiger partial charge in [-0.25, -0.2) is 0 Å². The Hall–Kier alpha value is 1.09. The van der Waals surface area contributed by atoms with Crippen molar-refractivity contribution < 1.29 is 0 Å². The van der Waals surface area contributed by atoms with E-state index in [1.807, 2.05) is 0 Å². The van der Waals surface area contributed by atoms with E-state index in [2.05, 4.69) is 20.6 Å². The molecule has 0 aromatic carbocycles. The molecule has 0 heterocycles. The van der Waals surface area contributed by atoms with Crippen LogP contribution in [0.3, 0.4) is 0 Å². The summed E-state index contributed by atoms with van der Waals surface area (Å²) in [6.07, 6.45) is 0. The molecule has 0 rings (SSSR count). The zero-order chi connectivity index (χ0) is 4.71. The molecule has 0 aliphatic rings. The van der Waals surface area contributed by atoms with Crippen LogP contribution in [-0.2, 0) is 0 Å². The van der Waals surface area contributed by atoms with Crippen molar-refractivity contribution in [2.75, 3.05) is 5.34 Å². The fourth-order valence-corrected chi connectivity index (χ4v) is 0. The van der Waals surface area contributed by atoms with E-state index in [1.165, 1.54) is 0 Å². The predicted octanol–water partition coefficient (Wildman–Crippen LogP) is 1.73. The molecule has 5 heavy (non-hydrogen) atoms. The second-order valence-corrected chi connectivity index (χ2v) is 0.909. The van der Waals surface area contributed by atoms with Gasteiger partial charge in [-0.2, -0.15) is 11.1 Å². The Bertz CT molecular complexity index is 6.85. The summed E-state index contributed by atoms with van der Waals surface area (Å²) in [4.78, 5) is 0. The van der Waals surface area contributed by atoms with Gasteiger partial charge < -0.3 is 0 Å². The first-order chi connectivity index (χ1) is 2.41. The molecule has 0 saturated carbocycles. The van der Waals surface area contributed by atoms with Crippen LogP contribution in [0.4, 0.5) is 0 Å². The molecule has 4 heteroatoms. The maximum Gasteiger partial charge on any atom is 0.174 e. The second kappa shape index (κ2) is 19.5. The van der Waals surface area contributed by atoms with E-state index in [0.29, 0.717) is 0 Å². The maximum atomic E-state index is 4.76. The standard InChI is InChI=1S/CH2Cl2.ClSi/c2-1-3;1-2/h1H2;. The van der Waals surface area contributed by atoms with Crippen LogP contribution in [0.15, 0.2) is 0 Å². The van der Waals surface area contributed by atoms with E-state index in [0.717, 1.165) is 0 Å². The molecule has 0 aromatic rings. The third kappa shape index (κ3) is 41.0. The first-order valence-corrected chi connectivity index (χ1v) is 3.30. The SMILES string of the molecule is ClCCl.[Si]Cl. The van der Waals surface area contributed by atoms with Crippen molar-refractivity contribution in [1.29, 1.82) is 0 Å². The average molecular weight is 148 g/mol. The molecule has 0 nitrogen and oxygen atoms in total. The summed E-state index contributed by atoms with van der Waals surface area (Å²) in [7, 11) is 2.44. The molecule has 0 aliphatic carbocycles. The van der Waals surface area contributed by atoms with Crippen LogP contribution in [0.2, 0.25) is 0 Å². The van der Waals surface area contributed by atoms with Gasteiger partial charge in [0.2, 0.25) is 0 Å². The molecule has 0 N–H and O–H groups in total. The largest absolute Gasteiger partial charge is 0.174 e. The van der Waals surface area contributed by atoms with Gasteiger partial charge in [-0.15, -0.1) is 23.2 Å². The molecule has 0 aromatic heterocycles. The summed E-state index contributed by atoms with van der Waals surface area (Å²) in [6, 6.07) is 0. The molecule has 31 valence electrons. The van der Waals surface area contributed by atoms with Crippen LogP contribution < -0.4 is 0 Å². The molecule has 0 amide bonds. The van der Waals surface area contributed by atoms with Crippen molar-refractivity contribution in [2.24, 2.45) is 0 Å². The molecule has 0 atom stereocenters. The van der Waals surface area contributed by atoms with Crippen LogP contribution in [0.1, 0.15) is 0 Å². The molecule has 0 aliphatic heterocycles. The van der Waals surface area contributed by atoms with Gasteiger partial charge in [0.1, 0.15) is 0 Å². The third-order valence-electron chi connectivity index (χ3n) is 0. The van der Waals surface area contributed by atoms with Gasteiger partial charge in [-0.1, -0.05) is 0 Å². The van der Waals surface area contributed by atoms with Crippen LogP contribution >= 0.6 is 34.3 Å². The minimum Gasteiger partial charge on any atom is -0.174 e. The fourth-order valence-electron chi connectivity index (χ4n) is 0. The summed E-state index contributed by atoms with van der Waals surface area (Å²) >= 11 is 14.0. The maximum absolute atomic E-state index is 4.76. The Morgan fingerprint density at radius 3 is 1.20 bits per heavy atom. The summed E-state index contributed by atoms with van der Waals surface area (Å²) in [5, 5.41) is 0.194. The number of rotatable bonds is 0. The van der Waals surface area contributed by atoms with E-state index in [9.17, 15) is 0 Å². The Kier molecular flexibility index (Phi) is 36.8. The van der Waals surface area contributed by atoms with E-state index < -0.39 is 0 Å². The van der Waals surface area contributed by atoms with Gasteiger partial charge in [0.05, 0.1) is 5.34 Å². The van der Waals surface area contributed by atoms with E-state index >= 15 is 0 Å². The molecule has 0 spiro atoms. The minimum absolute atomic E-state index is 0.194. The molecule has 0 fully saturated rings. The second-order valence-electron chi connectivity index (χ2n) is 0.101. The molecule has 0 bridgehead atoms. The van der Waals surface area contributed by atoms with Crippen molar-refractivity contribution in [3.05, 3.63) is 0 Å². The Labute approximate surface area is 49.5 Å². The van der Waals surface area contributed by atoms with Crippen LogP contribution in [0, 0.1) is 0 Å². The highest BCUT2D eigenvalue weighted by molar-refractivity contribution is 6.80. The Morgan fingerprint density at radius 2 is 1.20 bits per heavy atom. The third-order valence-corrected chi connectivity index (χ3v) is 0. The number of alkyl halides is 2. The lowest BCUT2D eigenvalue weighted by molar-refractivity contribution is 2.20. The van der Waals surface area contributed by atoms with Gasteiger partial charge in [0, 0.05) is 0 Å². The van der Waals surface area contributed by atoms with Crippen molar-refractivity contribution in [2.45, 2.75) is 0 Å². The first kappa shape index (κ1) is 9.43. The summed E-state index contributed by atoms with van der Waals surface area (Å²) in [5.41, 5.74) is 0. The summed E-state index contributed by atoms with van der Waals surface area (Å²) < 4.78 is 0. The zero-order valence-corrected chi connectivity index (χ0v) is 5.61. The highest BCUT2D eigenvalue weighted by Gasteiger charge is 1.41. The van der Waals surface area contributed by atoms with Gasteiger partial charge in [0.25, 0.3) is 0 Å². The smallest absolute Gasteiger partial charge is 0.174 e. The van der Waals surface area contributed by atoms with E-state index in [1.54, 1.807) is 0 Å².